The highest BCUT2D eigenvalue weighted by atomic mass is 16.5. The van der Waals surface area contributed by atoms with Gasteiger partial charge in [0, 0.05) is 19.3 Å². The van der Waals surface area contributed by atoms with Gasteiger partial charge in [0.1, 0.15) is 0 Å². The molecule has 0 aliphatic carbocycles. The van der Waals surface area contributed by atoms with Crippen LogP contribution in [0.1, 0.15) is 37.7 Å². The van der Waals surface area contributed by atoms with Crippen LogP contribution in [0.15, 0.2) is 42.5 Å². The maximum Gasteiger partial charge on any atom is 0.234 e. The minimum absolute atomic E-state index is 0.315. The SMILES string of the molecule is O=C(N1C2C=CCC1CC2)C1(c2ccccc2)CCOCC1. The molecule has 116 valence electrons. The van der Waals surface area contributed by atoms with Crippen molar-refractivity contribution in [2.75, 3.05) is 13.2 Å². The van der Waals surface area contributed by atoms with Crippen LogP contribution in [0.3, 0.4) is 0 Å². The number of fused-ring (bicyclic) bond motifs is 2. The molecule has 3 heterocycles. The Labute approximate surface area is 132 Å². The Bertz CT molecular complexity index is 574. The first-order chi connectivity index (χ1) is 10.8. The fourth-order valence-electron chi connectivity index (χ4n) is 4.39. The summed E-state index contributed by atoms with van der Waals surface area (Å²) in [6, 6.07) is 11.1. The van der Waals surface area contributed by atoms with Crippen molar-refractivity contribution in [1.82, 2.24) is 4.90 Å². The molecule has 3 nitrogen and oxygen atoms in total. The Morgan fingerprint density at radius 3 is 2.64 bits per heavy atom. The van der Waals surface area contributed by atoms with Crippen molar-refractivity contribution in [3.63, 3.8) is 0 Å². The minimum atomic E-state index is -0.383. The number of rotatable bonds is 2. The van der Waals surface area contributed by atoms with Crippen LogP contribution in [0.4, 0.5) is 0 Å². The summed E-state index contributed by atoms with van der Waals surface area (Å²) < 4.78 is 5.57. The van der Waals surface area contributed by atoms with Gasteiger partial charge in [-0.05, 0) is 37.7 Å². The summed E-state index contributed by atoms with van der Waals surface area (Å²) in [5.41, 5.74) is 0.781. The summed E-state index contributed by atoms with van der Waals surface area (Å²) in [5, 5.41) is 0. The maximum absolute atomic E-state index is 13.6. The van der Waals surface area contributed by atoms with Crippen LogP contribution in [0, 0.1) is 0 Å². The summed E-state index contributed by atoms with van der Waals surface area (Å²) in [6.45, 7) is 1.36. The molecule has 2 fully saturated rings. The van der Waals surface area contributed by atoms with E-state index in [9.17, 15) is 4.79 Å². The first-order valence-corrected chi connectivity index (χ1v) is 8.44. The van der Waals surface area contributed by atoms with E-state index in [4.69, 9.17) is 4.74 Å². The third-order valence-corrected chi connectivity index (χ3v) is 5.63. The van der Waals surface area contributed by atoms with Gasteiger partial charge in [-0.2, -0.15) is 0 Å². The first kappa shape index (κ1) is 14.0. The molecule has 1 aromatic rings. The Morgan fingerprint density at radius 2 is 1.91 bits per heavy atom. The minimum Gasteiger partial charge on any atom is -0.381 e. The van der Waals surface area contributed by atoms with E-state index >= 15 is 0 Å². The van der Waals surface area contributed by atoms with Crippen LogP contribution in [0.25, 0.3) is 0 Å². The van der Waals surface area contributed by atoms with Crippen LogP contribution in [-0.4, -0.2) is 36.1 Å². The van der Waals surface area contributed by atoms with E-state index in [2.05, 4.69) is 29.2 Å². The number of ether oxygens (including phenoxy) is 1. The zero-order valence-corrected chi connectivity index (χ0v) is 12.9. The van der Waals surface area contributed by atoms with Gasteiger partial charge in [-0.25, -0.2) is 0 Å². The normalized spacial score (nSPS) is 29.5. The second-order valence-corrected chi connectivity index (χ2v) is 6.74. The molecule has 1 aromatic carbocycles. The molecule has 0 radical (unpaired) electrons. The summed E-state index contributed by atoms with van der Waals surface area (Å²) in [4.78, 5) is 15.8. The molecule has 0 N–H and O–H groups in total. The van der Waals surface area contributed by atoms with Gasteiger partial charge in [0.15, 0.2) is 0 Å². The predicted octanol–water partition coefficient (Wildman–Crippen LogP) is 3.05. The average molecular weight is 297 g/mol. The molecule has 2 bridgehead atoms. The molecule has 3 heteroatoms. The van der Waals surface area contributed by atoms with Crippen LogP contribution < -0.4 is 0 Å². The van der Waals surface area contributed by atoms with Gasteiger partial charge in [-0.15, -0.1) is 0 Å². The molecule has 2 atom stereocenters. The average Bonchev–Trinajstić information content (AvgIpc) is 2.84. The van der Waals surface area contributed by atoms with E-state index < -0.39 is 0 Å². The predicted molar refractivity (Wildman–Crippen MR) is 85.6 cm³/mol. The molecule has 22 heavy (non-hydrogen) atoms. The van der Waals surface area contributed by atoms with Gasteiger partial charge in [-0.3, -0.25) is 4.79 Å². The summed E-state index contributed by atoms with van der Waals surface area (Å²) in [6.07, 6.45) is 9.37. The van der Waals surface area contributed by atoms with Crippen LogP contribution in [-0.2, 0) is 14.9 Å². The smallest absolute Gasteiger partial charge is 0.234 e. The van der Waals surface area contributed by atoms with Gasteiger partial charge in [0.25, 0.3) is 0 Å². The molecule has 2 saturated heterocycles. The van der Waals surface area contributed by atoms with E-state index in [0.717, 1.165) is 37.7 Å². The lowest BCUT2D eigenvalue weighted by Crippen LogP contribution is -2.54. The van der Waals surface area contributed by atoms with E-state index in [-0.39, 0.29) is 5.41 Å². The number of benzene rings is 1. The third kappa shape index (κ3) is 2.11. The fraction of sp³-hybridized carbons (Fsp3) is 0.526. The van der Waals surface area contributed by atoms with Crippen molar-refractivity contribution in [2.45, 2.75) is 49.6 Å². The summed E-state index contributed by atoms with van der Waals surface area (Å²) in [5.74, 6) is 0.332. The van der Waals surface area contributed by atoms with Gasteiger partial charge < -0.3 is 9.64 Å². The summed E-state index contributed by atoms with van der Waals surface area (Å²) in [7, 11) is 0. The molecule has 3 aliphatic rings. The molecule has 2 unspecified atom stereocenters. The van der Waals surface area contributed by atoms with E-state index in [1.165, 1.54) is 0 Å². The number of amides is 1. The van der Waals surface area contributed by atoms with E-state index in [1.807, 2.05) is 18.2 Å². The molecule has 0 saturated carbocycles. The summed E-state index contributed by atoms with van der Waals surface area (Å²) >= 11 is 0. The lowest BCUT2D eigenvalue weighted by molar-refractivity contribution is -0.143. The van der Waals surface area contributed by atoms with E-state index in [1.54, 1.807) is 0 Å². The Kier molecular flexibility index (Phi) is 3.53. The fourth-order valence-corrected chi connectivity index (χ4v) is 4.39. The first-order valence-electron chi connectivity index (χ1n) is 8.44. The van der Waals surface area contributed by atoms with Crippen molar-refractivity contribution in [2.24, 2.45) is 0 Å². The van der Waals surface area contributed by atoms with Gasteiger partial charge in [-0.1, -0.05) is 42.5 Å². The third-order valence-electron chi connectivity index (χ3n) is 5.63. The van der Waals surface area contributed by atoms with Gasteiger partial charge in [0.05, 0.1) is 11.5 Å². The van der Waals surface area contributed by atoms with Crippen molar-refractivity contribution < 1.29 is 9.53 Å². The van der Waals surface area contributed by atoms with Crippen LogP contribution in [0.5, 0.6) is 0 Å². The number of carbonyl (C=O) groups excluding carboxylic acids is 1. The maximum atomic E-state index is 13.6. The van der Waals surface area contributed by atoms with Crippen molar-refractivity contribution in [3.05, 3.63) is 48.0 Å². The monoisotopic (exact) mass is 297 g/mol. The second kappa shape index (κ2) is 5.54. The van der Waals surface area contributed by atoms with Crippen molar-refractivity contribution >= 4 is 5.91 Å². The zero-order chi connectivity index (χ0) is 15.0. The highest BCUT2D eigenvalue weighted by Gasteiger charge is 2.48. The molecular weight excluding hydrogens is 274 g/mol. The molecule has 0 aromatic heterocycles. The number of nitrogens with zero attached hydrogens (tertiary/aromatic N) is 1. The van der Waals surface area contributed by atoms with Crippen molar-refractivity contribution in [1.29, 1.82) is 0 Å². The Hall–Kier alpha value is -1.61. The van der Waals surface area contributed by atoms with Crippen LogP contribution in [0.2, 0.25) is 0 Å². The molecule has 0 spiro atoms. The molecular formula is C19H23NO2. The number of hydrogen-bond donors (Lipinski definition) is 0. The highest BCUT2D eigenvalue weighted by Crippen LogP contribution is 2.41. The molecule has 1 amide bonds. The standard InChI is InChI=1S/C19H23NO2/c21-18(20-16-7-4-8-17(20)10-9-16)19(11-13-22-14-12-19)15-5-2-1-3-6-15/h1-7,16-17H,8-14H2. The Morgan fingerprint density at radius 1 is 1.14 bits per heavy atom. The molecule has 4 rings (SSSR count). The van der Waals surface area contributed by atoms with Crippen LogP contribution >= 0.6 is 0 Å². The van der Waals surface area contributed by atoms with Gasteiger partial charge >= 0.3 is 0 Å². The van der Waals surface area contributed by atoms with E-state index in [0.29, 0.717) is 31.2 Å². The largest absolute Gasteiger partial charge is 0.381 e. The van der Waals surface area contributed by atoms with Crippen molar-refractivity contribution in [3.8, 4) is 0 Å². The lowest BCUT2D eigenvalue weighted by atomic mass is 9.72. The lowest BCUT2D eigenvalue weighted by Gasteiger charge is -2.43. The molecule has 3 aliphatic heterocycles. The zero-order valence-electron chi connectivity index (χ0n) is 12.9. The topological polar surface area (TPSA) is 29.5 Å². The van der Waals surface area contributed by atoms with Gasteiger partial charge in [0.2, 0.25) is 5.91 Å². The quantitative estimate of drug-likeness (QED) is 0.785. The Balaban J connectivity index is 1.72. The number of hydrogen-bond acceptors (Lipinski definition) is 2. The highest BCUT2D eigenvalue weighted by molar-refractivity contribution is 5.89. The number of carbonyl (C=O) groups is 1. The second-order valence-electron chi connectivity index (χ2n) is 6.74.